The molecule has 0 saturated carbocycles. The number of carbonyl (C=O) groups excluding carboxylic acids is 2. The minimum Gasteiger partial charge on any atom is -0.479 e. The van der Waals surface area contributed by atoms with E-state index in [0.717, 1.165) is 0 Å². The fourth-order valence-electron chi connectivity index (χ4n) is 4.09. The van der Waals surface area contributed by atoms with Crippen LogP contribution >= 0.6 is 0 Å². The smallest absolute Gasteiger partial charge is 0.265 e. The minimum absolute atomic E-state index is 0.0385. The molecule has 0 aliphatic carbocycles. The number of hydrogen-bond donors (Lipinski definition) is 2. The van der Waals surface area contributed by atoms with Crippen molar-refractivity contribution in [1.82, 2.24) is 4.31 Å². The van der Waals surface area contributed by atoms with Crippen LogP contribution < -0.4 is 24.8 Å². The van der Waals surface area contributed by atoms with Gasteiger partial charge in [-0.25, -0.2) is 8.42 Å². The quantitative estimate of drug-likeness (QED) is 0.698. The maximum atomic E-state index is 13.3. The van der Waals surface area contributed by atoms with Gasteiger partial charge in [-0.3, -0.25) is 9.59 Å². The van der Waals surface area contributed by atoms with Crippen molar-refractivity contribution in [2.45, 2.75) is 30.8 Å². The Bertz CT molecular complexity index is 1230. The number of nitrogens with one attached hydrogen (secondary N) is 2. The Balaban J connectivity index is 1.30. The summed E-state index contributed by atoms with van der Waals surface area (Å²) in [6, 6.07) is 9.50. The monoisotopic (exact) mass is 473 g/mol. The van der Waals surface area contributed by atoms with Gasteiger partial charge in [0, 0.05) is 24.8 Å². The largest absolute Gasteiger partial charge is 0.479 e. The number of sulfonamides is 1. The molecule has 5 rings (SSSR count). The van der Waals surface area contributed by atoms with Crippen molar-refractivity contribution in [3.8, 4) is 17.2 Å². The second kappa shape index (κ2) is 8.23. The van der Waals surface area contributed by atoms with Gasteiger partial charge in [0.15, 0.2) is 17.6 Å². The molecule has 3 heterocycles. The van der Waals surface area contributed by atoms with E-state index in [2.05, 4.69) is 10.6 Å². The standard InChI is InChI=1S/C22H23N3O7S/c1-13-21(26)24-17-10-16(5-7-18(17)32-13)33(28,29)25-8-2-3-14(11-25)22(27)23-15-4-6-19-20(9-15)31-12-30-19/h4-7,9-10,13-14H,2-3,8,11-12H2,1H3,(H,23,27)(H,24,26). The first-order valence-electron chi connectivity index (χ1n) is 10.6. The lowest BCUT2D eigenvalue weighted by Crippen LogP contribution is -2.43. The van der Waals surface area contributed by atoms with Gasteiger partial charge in [0.2, 0.25) is 22.7 Å². The number of piperidine rings is 1. The summed E-state index contributed by atoms with van der Waals surface area (Å²) in [5.41, 5.74) is 0.872. The van der Waals surface area contributed by atoms with Crippen LogP contribution in [0.25, 0.3) is 0 Å². The van der Waals surface area contributed by atoms with Gasteiger partial charge in [-0.15, -0.1) is 0 Å². The van der Waals surface area contributed by atoms with Gasteiger partial charge in [-0.1, -0.05) is 0 Å². The Labute approximate surface area is 190 Å². The average molecular weight is 474 g/mol. The van der Waals surface area contributed by atoms with Crippen LogP contribution in [0.3, 0.4) is 0 Å². The molecule has 1 saturated heterocycles. The highest BCUT2D eigenvalue weighted by molar-refractivity contribution is 7.89. The van der Waals surface area contributed by atoms with Crippen LogP contribution in [0.1, 0.15) is 19.8 Å². The van der Waals surface area contributed by atoms with Crippen molar-refractivity contribution in [3.63, 3.8) is 0 Å². The molecule has 2 aromatic rings. The molecule has 2 N–H and O–H groups in total. The molecule has 174 valence electrons. The third kappa shape index (κ3) is 4.09. The number of rotatable bonds is 4. The topological polar surface area (TPSA) is 123 Å². The number of anilines is 2. The van der Waals surface area contributed by atoms with Crippen LogP contribution in [0.5, 0.6) is 17.2 Å². The predicted molar refractivity (Wildman–Crippen MR) is 118 cm³/mol. The summed E-state index contributed by atoms with van der Waals surface area (Å²) in [4.78, 5) is 24.8. The van der Waals surface area contributed by atoms with Crippen molar-refractivity contribution < 1.29 is 32.2 Å². The molecule has 0 spiro atoms. The highest BCUT2D eigenvalue weighted by atomic mass is 32.2. The summed E-state index contributed by atoms with van der Waals surface area (Å²) in [6.45, 7) is 2.13. The van der Waals surface area contributed by atoms with Crippen molar-refractivity contribution in [3.05, 3.63) is 36.4 Å². The lowest BCUT2D eigenvalue weighted by Gasteiger charge is -2.31. The SMILES string of the molecule is CC1Oc2ccc(S(=O)(=O)N3CCCC(C(=O)Nc4ccc5c(c4)OCO5)C3)cc2NC1=O. The second-order valence-electron chi connectivity index (χ2n) is 8.17. The number of benzene rings is 2. The van der Waals surface area contributed by atoms with Gasteiger partial charge in [-0.05, 0) is 50.1 Å². The Hall–Kier alpha value is -3.31. The number of carbonyl (C=O) groups is 2. The molecule has 1 fully saturated rings. The molecule has 2 amide bonds. The molecule has 33 heavy (non-hydrogen) atoms. The van der Waals surface area contributed by atoms with E-state index in [-0.39, 0.29) is 30.0 Å². The normalized spacial score (nSPS) is 22.2. The van der Waals surface area contributed by atoms with E-state index in [1.807, 2.05) is 0 Å². The van der Waals surface area contributed by atoms with E-state index in [1.54, 1.807) is 25.1 Å². The van der Waals surface area contributed by atoms with Crippen LogP contribution in [0.15, 0.2) is 41.3 Å². The van der Waals surface area contributed by atoms with Crippen LogP contribution in [0.2, 0.25) is 0 Å². The highest BCUT2D eigenvalue weighted by Crippen LogP contribution is 2.35. The van der Waals surface area contributed by atoms with E-state index in [9.17, 15) is 18.0 Å². The van der Waals surface area contributed by atoms with Crippen molar-refractivity contribution in [2.24, 2.45) is 5.92 Å². The zero-order chi connectivity index (χ0) is 23.2. The molecule has 0 radical (unpaired) electrons. The molecule has 10 nitrogen and oxygen atoms in total. The van der Waals surface area contributed by atoms with Crippen LogP contribution in [0.4, 0.5) is 11.4 Å². The number of ether oxygens (including phenoxy) is 3. The van der Waals surface area contributed by atoms with Gasteiger partial charge >= 0.3 is 0 Å². The zero-order valence-electron chi connectivity index (χ0n) is 17.9. The van der Waals surface area contributed by atoms with Crippen LogP contribution in [-0.4, -0.2) is 50.5 Å². The van der Waals surface area contributed by atoms with E-state index in [1.165, 1.54) is 22.5 Å². The number of nitrogens with zero attached hydrogens (tertiary/aromatic N) is 1. The predicted octanol–water partition coefficient (Wildman–Crippen LogP) is 2.17. The average Bonchev–Trinajstić information content (AvgIpc) is 3.27. The number of amides is 2. The Morgan fingerprint density at radius 3 is 2.76 bits per heavy atom. The maximum Gasteiger partial charge on any atom is 0.265 e. The first-order valence-corrected chi connectivity index (χ1v) is 12.1. The van der Waals surface area contributed by atoms with Gasteiger partial charge in [0.05, 0.1) is 16.5 Å². The molecule has 2 unspecified atom stereocenters. The minimum atomic E-state index is -3.86. The van der Waals surface area contributed by atoms with Crippen molar-refractivity contribution in [1.29, 1.82) is 0 Å². The molecule has 3 aliphatic heterocycles. The first kappa shape index (κ1) is 21.5. The van der Waals surface area contributed by atoms with Gasteiger partial charge in [-0.2, -0.15) is 4.31 Å². The molecule has 2 aromatic carbocycles. The van der Waals surface area contributed by atoms with Gasteiger partial charge < -0.3 is 24.8 Å². The van der Waals surface area contributed by atoms with Crippen molar-refractivity contribution in [2.75, 3.05) is 30.5 Å². The molecule has 3 aliphatic rings. The maximum absolute atomic E-state index is 13.3. The fourth-order valence-corrected chi connectivity index (χ4v) is 5.64. The molecule has 0 bridgehead atoms. The van der Waals surface area contributed by atoms with E-state index >= 15 is 0 Å². The Morgan fingerprint density at radius 2 is 1.91 bits per heavy atom. The lowest BCUT2D eigenvalue weighted by atomic mass is 9.98. The van der Waals surface area contributed by atoms with Gasteiger partial charge in [0.1, 0.15) is 5.75 Å². The Kier molecular flexibility index (Phi) is 5.37. The summed E-state index contributed by atoms with van der Waals surface area (Å²) < 4.78 is 44.0. The zero-order valence-corrected chi connectivity index (χ0v) is 18.7. The van der Waals surface area contributed by atoms with Crippen LogP contribution in [0, 0.1) is 5.92 Å². The summed E-state index contributed by atoms with van der Waals surface area (Å²) >= 11 is 0. The van der Waals surface area contributed by atoms with E-state index in [4.69, 9.17) is 14.2 Å². The molecule has 0 aromatic heterocycles. The highest BCUT2D eigenvalue weighted by Gasteiger charge is 2.34. The van der Waals surface area contributed by atoms with Gasteiger partial charge in [0.25, 0.3) is 5.91 Å². The second-order valence-corrected chi connectivity index (χ2v) is 10.1. The number of hydrogen-bond acceptors (Lipinski definition) is 7. The lowest BCUT2D eigenvalue weighted by molar-refractivity contribution is -0.123. The molecule has 2 atom stereocenters. The molecule has 11 heteroatoms. The summed E-state index contributed by atoms with van der Waals surface area (Å²) in [7, 11) is -3.86. The Morgan fingerprint density at radius 1 is 1.12 bits per heavy atom. The molecular formula is C22H23N3O7S. The van der Waals surface area contributed by atoms with Crippen molar-refractivity contribution >= 4 is 33.2 Å². The van der Waals surface area contributed by atoms with E-state index in [0.29, 0.717) is 48.0 Å². The number of fused-ring (bicyclic) bond motifs is 2. The van der Waals surface area contributed by atoms with E-state index < -0.39 is 22.0 Å². The third-order valence-corrected chi connectivity index (χ3v) is 7.78. The van der Waals surface area contributed by atoms with Crippen LogP contribution in [-0.2, 0) is 19.6 Å². The molecular weight excluding hydrogens is 450 g/mol. The first-order chi connectivity index (χ1) is 15.8. The fraction of sp³-hybridized carbons (Fsp3) is 0.364. The summed E-state index contributed by atoms with van der Waals surface area (Å²) in [6.07, 6.45) is 0.487. The summed E-state index contributed by atoms with van der Waals surface area (Å²) in [5.74, 6) is 0.493. The third-order valence-electron chi connectivity index (χ3n) is 5.91. The summed E-state index contributed by atoms with van der Waals surface area (Å²) in [5, 5.41) is 5.51.